The minimum Gasteiger partial charge on any atom is -0.381 e. The molecule has 0 aromatic heterocycles. The quantitative estimate of drug-likeness (QED) is 0.844. The van der Waals surface area contributed by atoms with E-state index in [9.17, 15) is 0 Å². The van der Waals surface area contributed by atoms with E-state index in [0.29, 0.717) is 17.6 Å². The number of hydrogen-bond acceptors (Lipinski definition) is 4. The summed E-state index contributed by atoms with van der Waals surface area (Å²) in [6.07, 6.45) is 11.1. The van der Waals surface area contributed by atoms with Crippen molar-refractivity contribution in [2.75, 3.05) is 19.4 Å². The summed E-state index contributed by atoms with van der Waals surface area (Å²) in [6.45, 7) is 1.06. The molecule has 0 radical (unpaired) electrons. The Morgan fingerprint density at radius 1 is 1.26 bits per heavy atom. The monoisotopic (exact) mass is 282 g/mol. The van der Waals surface area contributed by atoms with E-state index in [1.165, 1.54) is 55.9 Å². The molecule has 3 rings (SSSR count). The summed E-state index contributed by atoms with van der Waals surface area (Å²) < 4.78 is 5.43. The molecule has 2 fully saturated rings. The van der Waals surface area contributed by atoms with E-state index in [0.717, 1.165) is 13.0 Å². The first-order chi connectivity index (χ1) is 9.30. The molecule has 0 amide bonds. The Morgan fingerprint density at radius 2 is 2.11 bits per heavy atom. The second-order valence-corrected chi connectivity index (χ2v) is 7.45. The normalized spacial score (nSPS) is 34.3. The summed E-state index contributed by atoms with van der Waals surface area (Å²) in [6, 6.07) is 0.580. The molecule has 2 unspecified atom stereocenters. The molecular formula is C15H26N2OS. The van der Waals surface area contributed by atoms with Crippen LogP contribution in [0.15, 0.2) is 4.99 Å². The van der Waals surface area contributed by atoms with E-state index in [1.807, 2.05) is 18.9 Å². The van der Waals surface area contributed by atoms with Crippen molar-refractivity contribution < 1.29 is 4.74 Å². The van der Waals surface area contributed by atoms with Crippen LogP contribution in [0.25, 0.3) is 0 Å². The van der Waals surface area contributed by atoms with Crippen molar-refractivity contribution in [1.82, 2.24) is 5.32 Å². The second-order valence-electron chi connectivity index (χ2n) is 6.48. The van der Waals surface area contributed by atoms with Crippen molar-refractivity contribution in [2.45, 2.75) is 63.5 Å². The Kier molecular flexibility index (Phi) is 4.37. The first kappa shape index (κ1) is 13.7. The highest BCUT2D eigenvalue weighted by Crippen LogP contribution is 2.41. The van der Waals surface area contributed by atoms with Crippen molar-refractivity contribution >= 4 is 16.9 Å². The van der Waals surface area contributed by atoms with Crippen molar-refractivity contribution in [2.24, 2.45) is 10.4 Å². The number of rotatable bonds is 2. The van der Waals surface area contributed by atoms with E-state index in [-0.39, 0.29) is 0 Å². The molecule has 2 saturated carbocycles. The topological polar surface area (TPSA) is 33.6 Å². The van der Waals surface area contributed by atoms with Crippen LogP contribution in [-0.2, 0) is 4.74 Å². The molecule has 0 saturated heterocycles. The number of amidine groups is 1. The van der Waals surface area contributed by atoms with Gasteiger partial charge in [-0.3, -0.25) is 4.99 Å². The highest BCUT2D eigenvalue weighted by atomic mass is 32.2. The van der Waals surface area contributed by atoms with Crippen molar-refractivity contribution in [3.63, 3.8) is 0 Å². The van der Waals surface area contributed by atoms with Crippen molar-refractivity contribution in [1.29, 1.82) is 0 Å². The second kappa shape index (κ2) is 6.04. The van der Waals surface area contributed by atoms with Gasteiger partial charge in [0.05, 0.1) is 6.10 Å². The third-order valence-electron chi connectivity index (χ3n) is 5.03. The van der Waals surface area contributed by atoms with Crippen LogP contribution in [0.2, 0.25) is 0 Å². The van der Waals surface area contributed by atoms with Gasteiger partial charge in [-0.1, -0.05) is 31.0 Å². The summed E-state index contributed by atoms with van der Waals surface area (Å²) in [5, 5.41) is 4.83. The average Bonchev–Trinajstić information content (AvgIpc) is 2.90. The predicted octanol–water partition coefficient (Wildman–Crippen LogP) is 3.20. The van der Waals surface area contributed by atoms with Crippen LogP contribution in [-0.4, -0.2) is 36.7 Å². The molecule has 1 aliphatic heterocycles. The van der Waals surface area contributed by atoms with Gasteiger partial charge < -0.3 is 10.1 Å². The third kappa shape index (κ3) is 3.27. The number of methoxy groups -OCH3 is 1. The van der Waals surface area contributed by atoms with E-state index in [4.69, 9.17) is 9.73 Å². The Morgan fingerprint density at radius 3 is 2.74 bits per heavy atom. The Balaban J connectivity index is 1.51. The highest BCUT2D eigenvalue weighted by molar-refractivity contribution is 8.13. The summed E-state index contributed by atoms with van der Waals surface area (Å²) in [5.74, 6) is 1.28. The van der Waals surface area contributed by atoms with Gasteiger partial charge in [0.1, 0.15) is 0 Å². The van der Waals surface area contributed by atoms with E-state index in [1.54, 1.807) is 0 Å². The fourth-order valence-corrected chi connectivity index (χ4v) is 4.93. The third-order valence-corrected chi connectivity index (χ3v) is 6.31. The zero-order chi connectivity index (χ0) is 13.1. The molecule has 1 heterocycles. The zero-order valence-corrected chi connectivity index (χ0v) is 12.8. The van der Waals surface area contributed by atoms with Gasteiger partial charge >= 0.3 is 0 Å². The van der Waals surface area contributed by atoms with Gasteiger partial charge in [-0.15, -0.1) is 0 Å². The maximum atomic E-state index is 5.43. The van der Waals surface area contributed by atoms with Gasteiger partial charge in [-0.2, -0.15) is 0 Å². The zero-order valence-electron chi connectivity index (χ0n) is 12.0. The maximum absolute atomic E-state index is 5.43. The largest absolute Gasteiger partial charge is 0.381 e. The molecule has 1 N–H and O–H groups in total. The molecule has 0 aromatic rings. The minimum atomic E-state index is 0.455. The molecule has 4 heteroatoms. The molecule has 19 heavy (non-hydrogen) atoms. The molecule has 2 atom stereocenters. The van der Waals surface area contributed by atoms with Gasteiger partial charge in [0.15, 0.2) is 5.17 Å². The Bertz CT molecular complexity index is 339. The molecule has 3 aliphatic rings. The predicted molar refractivity (Wildman–Crippen MR) is 81.8 cm³/mol. The first-order valence-corrected chi connectivity index (χ1v) is 8.75. The smallest absolute Gasteiger partial charge is 0.156 e. The van der Waals surface area contributed by atoms with Crippen LogP contribution < -0.4 is 5.32 Å². The Hall–Kier alpha value is -0.220. The number of thioether (sulfide) groups is 1. The average molecular weight is 282 g/mol. The fraction of sp³-hybridized carbons (Fsp3) is 0.933. The van der Waals surface area contributed by atoms with E-state index in [2.05, 4.69) is 5.32 Å². The fourth-order valence-electron chi connectivity index (χ4n) is 3.70. The molecule has 2 aliphatic carbocycles. The van der Waals surface area contributed by atoms with Crippen LogP contribution in [0.3, 0.4) is 0 Å². The van der Waals surface area contributed by atoms with Gasteiger partial charge in [0.25, 0.3) is 0 Å². The number of aliphatic imine (C=N–C) groups is 1. The van der Waals surface area contributed by atoms with Crippen LogP contribution in [0.5, 0.6) is 0 Å². The lowest BCUT2D eigenvalue weighted by Gasteiger charge is -2.38. The van der Waals surface area contributed by atoms with Gasteiger partial charge in [-0.05, 0) is 37.5 Å². The van der Waals surface area contributed by atoms with Crippen LogP contribution >= 0.6 is 11.8 Å². The maximum Gasteiger partial charge on any atom is 0.156 e. The van der Waals surface area contributed by atoms with E-state index < -0.39 is 0 Å². The lowest BCUT2D eigenvalue weighted by molar-refractivity contribution is 0.107. The molecule has 0 bridgehead atoms. The van der Waals surface area contributed by atoms with E-state index >= 15 is 0 Å². The summed E-state index contributed by atoms with van der Waals surface area (Å²) in [7, 11) is 1.83. The van der Waals surface area contributed by atoms with Crippen LogP contribution in [0, 0.1) is 5.41 Å². The number of nitrogens with zero attached hydrogens (tertiary/aromatic N) is 1. The number of nitrogens with one attached hydrogen (secondary N) is 1. The number of ether oxygens (including phenoxy) is 1. The van der Waals surface area contributed by atoms with Crippen LogP contribution in [0.1, 0.15) is 51.4 Å². The molecule has 1 spiro atoms. The lowest BCUT2D eigenvalue weighted by Crippen LogP contribution is -2.39. The SMILES string of the molecule is COC1CCC(NC2=NCC3(CCCCC3)CS2)C1. The summed E-state index contributed by atoms with van der Waals surface area (Å²) in [5.41, 5.74) is 0.541. The molecule has 108 valence electrons. The number of hydrogen-bond donors (Lipinski definition) is 1. The minimum absolute atomic E-state index is 0.455. The van der Waals surface area contributed by atoms with Crippen molar-refractivity contribution in [3.05, 3.63) is 0 Å². The van der Waals surface area contributed by atoms with Gasteiger partial charge in [0.2, 0.25) is 0 Å². The first-order valence-electron chi connectivity index (χ1n) is 7.76. The summed E-state index contributed by atoms with van der Waals surface area (Å²) >= 11 is 1.96. The highest BCUT2D eigenvalue weighted by Gasteiger charge is 2.35. The van der Waals surface area contributed by atoms with Gasteiger partial charge in [-0.25, -0.2) is 0 Å². The molecular weight excluding hydrogens is 256 g/mol. The van der Waals surface area contributed by atoms with Crippen molar-refractivity contribution in [3.8, 4) is 0 Å². The molecule has 3 nitrogen and oxygen atoms in total. The molecule has 0 aromatic carbocycles. The van der Waals surface area contributed by atoms with Gasteiger partial charge in [0, 0.05) is 25.4 Å². The van der Waals surface area contributed by atoms with Crippen LogP contribution in [0.4, 0.5) is 0 Å². The standard InChI is InChI=1S/C15H26N2OS/c1-18-13-6-5-12(9-13)17-14-16-10-15(11-19-14)7-3-2-4-8-15/h12-13H,2-11H2,1H3,(H,16,17). The Labute approximate surface area is 121 Å². The lowest BCUT2D eigenvalue weighted by atomic mass is 9.75. The summed E-state index contributed by atoms with van der Waals surface area (Å²) in [4.78, 5) is 4.85.